The monoisotopic (exact) mass is 368 g/mol. The zero-order chi connectivity index (χ0) is 18.0. The number of rotatable bonds is 7. The number of benzene rings is 1. The topological polar surface area (TPSA) is 73.0 Å². The third-order valence-corrected chi connectivity index (χ3v) is 5.79. The highest BCUT2D eigenvalue weighted by Gasteiger charge is 2.44. The van der Waals surface area contributed by atoms with E-state index in [0.29, 0.717) is 29.0 Å². The Morgan fingerprint density at radius 1 is 1.23 bits per heavy atom. The lowest BCUT2D eigenvalue weighted by atomic mass is 9.96. The Hall–Kier alpha value is -2.54. The lowest BCUT2D eigenvalue weighted by Gasteiger charge is -2.16. The molecule has 1 saturated carbocycles. The maximum Gasteiger partial charge on any atom is 0.230 e. The van der Waals surface area contributed by atoms with Gasteiger partial charge in [-0.25, -0.2) is 0 Å². The number of carbonyl (C=O) groups excluding carboxylic acids is 1. The molecule has 6 nitrogen and oxygen atoms in total. The van der Waals surface area contributed by atoms with E-state index in [0.717, 1.165) is 12.8 Å². The Bertz CT molecular complexity index is 886. The van der Waals surface area contributed by atoms with E-state index < -0.39 is 0 Å². The Balaban J connectivity index is 1.31. The first-order valence-corrected chi connectivity index (χ1v) is 9.55. The van der Waals surface area contributed by atoms with E-state index in [4.69, 9.17) is 4.42 Å². The summed E-state index contributed by atoms with van der Waals surface area (Å²) in [5.74, 6) is 1.64. The molecule has 134 valence electrons. The van der Waals surface area contributed by atoms with Crippen LogP contribution < -0.4 is 5.32 Å². The molecule has 7 heteroatoms. The van der Waals surface area contributed by atoms with Crippen LogP contribution in [0.4, 0.5) is 0 Å². The third-order valence-electron chi connectivity index (χ3n) is 4.77. The summed E-state index contributed by atoms with van der Waals surface area (Å²) in [6.07, 6.45) is 3.85. The molecule has 1 aromatic carbocycles. The van der Waals surface area contributed by atoms with Crippen molar-refractivity contribution >= 4 is 17.7 Å². The second kappa shape index (κ2) is 6.99. The maximum absolute atomic E-state index is 12.3. The Labute approximate surface area is 156 Å². The van der Waals surface area contributed by atoms with Gasteiger partial charge in [0.15, 0.2) is 16.7 Å². The number of carbonyl (C=O) groups is 1. The Morgan fingerprint density at radius 2 is 2.04 bits per heavy atom. The lowest BCUT2D eigenvalue weighted by Crippen LogP contribution is -2.33. The first-order valence-electron chi connectivity index (χ1n) is 8.56. The fourth-order valence-electron chi connectivity index (χ4n) is 3.02. The maximum atomic E-state index is 12.3. The summed E-state index contributed by atoms with van der Waals surface area (Å²) in [7, 11) is 1.87. The van der Waals surface area contributed by atoms with Crippen molar-refractivity contribution in [1.82, 2.24) is 20.1 Å². The van der Waals surface area contributed by atoms with Gasteiger partial charge in [-0.05, 0) is 30.5 Å². The fraction of sp³-hybridized carbons (Fsp3) is 0.316. The van der Waals surface area contributed by atoms with Crippen molar-refractivity contribution in [2.24, 2.45) is 7.05 Å². The van der Waals surface area contributed by atoms with Crippen LogP contribution in [0.25, 0.3) is 11.6 Å². The van der Waals surface area contributed by atoms with Crippen LogP contribution in [0.2, 0.25) is 0 Å². The normalized spacial score (nSPS) is 15.0. The molecule has 2 aromatic heterocycles. The van der Waals surface area contributed by atoms with Gasteiger partial charge in [-0.2, -0.15) is 0 Å². The van der Waals surface area contributed by atoms with Crippen LogP contribution in [-0.2, 0) is 17.3 Å². The van der Waals surface area contributed by atoms with E-state index in [1.54, 1.807) is 6.26 Å². The molecule has 0 aliphatic heterocycles. The molecule has 3 aromatic rings. The summed E-state index contributed by atoms with van der Waals surface area (Å²) in [6, 6.07) is 14.1. The number of aromatic nitrogens is 3. The summed E-state index contributed by atoms with van der Waals surface area (Å²) >= 11 is 1.38. The number of hydrogen-bond donors (Lipinski definition) is 1. The van der Waals surface area contributed by atoms with Crippen molar-refractivity contribution in [2.45, 2.75) is 23.4 Å². The molecule has 1 aliphatic carbocycles. The predicted octanol–water partition coefficient (Wildman–Crippen LogP) is 3.02. The second-order valence-electron chi connectivity index (χ2n) is 6.55. The van der Waals surface area contributed by atoms with E-state index in [1.807, 2.05) is 29.8 Å². The molecule has 0 unspecified atom stereocenters. The van der Waals surface area contributed by atoms with Gasteiger partial charge < -0.3 is 14.3 Å². The third kappa shape index (κ3) is 3.39. The van der Waals surface area contributed by atoms with Gasteiger partial charge in [0.2, 0.25) is 5.91 Å². The molecule has 0 bridgehead atoms. The molecule has 1 amide bonds. The van der Waals surface area contributed by atoms with Crippen LogP contribution in [0.3, 0.4) is 0 Å². The van der Waals surface area contributed by atoms with Crippen molar-refractivity contribution in [3.8, 4) is 11.6 Å². The van der Waals surface area contributed by atoms with E-state index in [-0.39, 0.29) is 11.3 Å². The first kappa shape index (κ1) is 16.9. The number of hydrogen-bond acceptors (Lipinski definition) is 5. The number of thioether (sulfide) groups is 1. The number of furan rings is 1. The number of amides is 1. The molecule has 1 aliphatic rings. The summed E-state index contributed by atoms with van der Waals surface area (Å²) in [4.78, 5) is 12.3. The van der Waals surface area contributed by atoms with Crippen LogP contribution in [0.5, 0.6) is 0 Å². The van der Waals surface area contributed by atoms with Crippen molar-refractivity contribution < 1.29 is 9.21 Å². The van der Waals surface area contributed by atoms with Crippen molar-refractivity contribution in [3.63, 3.8) is 0 Å². The van der Waals surface area contributed by atoms with Crippen LogP contribution >= 0.6 is 11.8 Å². The van der Waals surface area contributed by atoms with Crippen LogP contribution in [0.15, 0.2) is 58.3 Å². The molecule has 0 atom stereocenters. The van der Waals surface area contributed by atoms with Gasteiger partial charge in [0.1, 0.15) is 0 Å². The van der Waals surface area contributed by atoms with Gasteiger partial charge in [-0.15, -0.1) is 10.2 Å². The molecule has 1 fully saturated rings. The zero-order valence-electron chi connectivity index (χ0n) is 14.5. The van der Waals surface area contributed by atoms with Crippen molar-refractivity contribution in [1.29, 1.82) is 0 Å². The highest BCUT2D eigenvalue weighted by molar-refractivity contribution is 7.99. The van der Waals surface area contributed by atoms with Gasteiger partial charge >= 0.3 is 0 Å². The average Bonchev–Trinajstić information content (AvgIpc) is 3.09. The molecule has 2 heterocycles. The van der Waals surface area contributed by atoms with Crippen LogP contribution in [0, 0.1) is 0 Å². The van der Waals surface area contributed by atoms with E-state index >= 15 is 0 Å². The molecule has 0 radical (unpaired) electrons. The van der Waals surface area contributed by atoms with Gasteiger partial charge in [-0.1, -0.05) is 42.1 Å². The van der Waals surface area contributed by atoms with Crippen LogP contribution in [0.1, 0.15) is 18.4 Å². The minimum atomic E-state index is 0.0137. The van der Waals surface area contributed by atoms with Gasteiger partial charge in [0, 0.05) is 19.0 Å². The van der Waals surface area contributed by atoms with Crippen molar-refractivity contribution in [2.75, 3.05) is 12.3 Å². The highest BCUT2D eigenvalue weighted by atomic mass is 32.2. The van der Waals surface area contributed by atoms with E-state index in [9.17, 15) is 4.79 Å². The minimum absolute atomic E-state index is 0.0137. The summed E-state index contributed by atoms with van der Waals surface area (Å²) in [5.41, 5.74) is 1.43. The largest absolute Gasteiger partial charge is 0.461 e. The molecular formula is C19H20N4O2S. The summed E-state index contributed by atoms with van der Waals surface area (Å²) in [5, 5.41) is 12.0. The first-order chi connectivity index (χ1) is 12.7. The van der Waals surface area contributed by atoms with Crippen molar-refractivity contribution in [3.05, 3.63) is 54.3 Å². The summed E-state index contributed by atoms with van der Waals surface area (Å²) < 4.78 is 7.19. The molecule has 0 spiro atoms. The molecular weight excluding hydrogens is 348 g/mol. The Kier molecular flexibility index (Phi) is 4.55. The van der Waals surface area contributed by atoms with Gasteiger partial charge in [0.25, 0.3) is 0 Å². The summed E-state index contributed by atoms with van der Waals surface area (Å²) in [6.45, 7) is 0.687. The zero-order valence-corrected chi connectivity index (χ0v) is 15.3. The number of nitrogens with one attached hydrogen (secondary N) is 1. The smallest absolute Gasteiger partial charge is 0.230 e. The van der Waals surface area contributed by atoms with E-state index in [2.05, 4.69) is 39.8 Å². The molecule has 4 rings (SSSR count). The van der Waals surface area contributed by atoms with Gasteiger partial charge in [-0.3, -0.25) is 4.79 Å². The quantitative estimate of drug-likeness (QED) is 0.649. The second-order valence-corrected chi connectivity index (χ2v) is 7.50. The fourth-order valence-corrected chi connectivity index (χ4v) is 3.76. The lowest BCUT2D eigenvalue weighted by molar-refractivity contribution is -0.118. The highest BCUT2D eigenvalue weighted by Crippen LogP contribution is 2.47. The predicted molar refractivity (Wildman–Crippen MR) is 99.8 cm³/mol. The average molecular weight is 368 g/mol. The minimum Gasteiger partial charge on any atom is -0.461 e. The molecule has 1 N–H and O–H groups in total. The number of nitrogens with zero attached hydrogens (tertiary/aromatic N) is 3. The molecule has 26 heavy (non-hydrogen) atoms. The standard InChI is InChI=1S/C19H20N4O2S/c1-23-17(15-8-5-11-25-15)21-22-18(23)26-12-16(24)20-13-19(9-10-19)14-6-3-2-4-7-14/h2-8,11H,9-10,12-13H2,1H3,(H,20,24). The Morgan fingerprint density at radius 3 is 2.73 bits per heavy atom. The van der Waals surface area contributed by atoms with Crippen LogP contribution in [-0.4, -0.2) is 33.0 Å². The van der Waals surface area contributed by atoms with E-state index in [1.165, 1.54) is 17.3 Å². The SMILES string of the molecule is Cn1c(SCC(=O)NCC2(c3ccccc3)CC2)nnc1-c1ccco1. The van der Waals surface area contributed by atoms with Gasteiger partial charge in [0.05, 0.1) is 12.0 Å². The molecule has 0 saturated heterocycles.